The van der Waals surface area contributed by atoms with E-state index in [4.69, 9.17) is 20.7 Å². The number of hydrogen-bond acceptors (Lipinski definition) is 8. The Morgan fingerprint density at radius 3 is 2.66 bits per heavy atom. The van der Waals surface area contributed by atoms with Gasteiger partial charge in [-0.05, 0) is 24.1 Å². The van der Waals surface area contributed by atoms with Crippen LogP contribution in [-0.2, 0) is 9.53 Å². The quantitative estimate of drug-likeness (QED) is 0.111. The Bertz CT molecular complexity index is 740. The fourth-order valence-corrected chi connectivity index (χ4v) is 2.47. The minimum absolute atomic E-state index is 0.0821. The van der Waals surface area contributed by atoms with Crippen molar-refractivity contribution in [2.75, 3.05) is 26.3 Å². The molecule has 29 heavy (non-hydrogen) atoms. The maximum absolute atomic E-state index is 12.4. The normalized spacial score (nSPS) is 11.8. The van der Waals surface area contributed by atoms with Gasteiger partial charge in [-0.25, -0.2) is 0 Å². The third-order valence-corrected chi connectivity index (χ3v) is 3.83. The molecule has 1 amide bonds. The van der Waals surface area contributed by atoms with Gasteiger partial charge in [-0.3, -0.25) is 15.6 Å². The molecule has 9 nitrogen and oxygen atoms in total. The molecule has 1 atom stereocenters. The standard InChI is InChI=1S/C20H27N5O4/c1-2-3-18(25-20(27)16(13-21)12-19(23)29-14-22)15-4-6-17(7-5-15)28-11-9-24-8-10-26/h4-7,12,14,18,22-24,26H,2-3,8-11H2,1H3,(H,25,27)/b16-12+,22-14?,23-19?. The predicted molar refractivity (Wildman–Crippen MR) is 109 cm³/mol. The number of nitrogens with one attached hydrogen (secondary N) is 4. The molecule has 0 heterocycles. The van der Waals surface area contributed by atoms with Crippen LogP contribution in [0.4, 0.5) is 0 Å². The Balaban J connectivity index is 2.76. The molecule has 156 valence electrons. The van der Waals surface area contributed by atoms with Crippen LogP contribution in [0.25, 0.3) is 0 Å². The second kappa shape index (κ2) is 13.9. The average Bonchev–Trinajstić information content (AvgIpc) is 2.72. The monoisotopic (exact) mass is 401 g/mol. The van der Waals surface area contributed by atoms with E-state index in [2.05, 4.69) is 15.4 Å². The van der Waals surface area contributed by atoms with Crippen molar-refractivity contribution >= 4 is 18.2 Å². The first kappa shape index (κ1) is 23.8. The minimum Gasteiger partial charge on any atom is -0.492 e. The van der Waals surface area contributed by atoms with Crippen LogP contribution >= 0.6 is 0 Å². The van der Waals surface area contributed by atoms with Crippen molar-refractivity contribution in [2.45, 2.75) is 25.8 Å². The van der Waals surface area contributed by atoms with E-state index >= 15 is 0 Å². The smallest absolute Gasteiger partial charge is 0.262 e. The van der Waals surface area contributed by atoms with Crippen LogP contribution < -0.4 is 15.4 Å². The highest BCUT2D eigenvalue weighted by Gasteiger charge is 2.17. The lowest BCUT2D eigenvalue weighted by atomic mass is 10.0. The summed E-state index contributed by atoms with van der Waals surface area (Å²) in [6, 6.07) is 8.77. The zero-order valence-corrected chi connectivity index (χ0v) is 16.4. The Labute approximate surface area is 170 Å². The number of hydrogen-bond donors (Lipinski definition) is 5. The summed E-state index contributed by atoms with van der Waals surface area (Å²) in [6.07, 6.45) is 3.02. The lowest BCUT2D eigenvalue weighted by Gasteiger charge is -2.19. The van der Waals surface area contributed by atoms with Crippen LogP contribution in [0, 0.1) is 22.1 Å². The number of carbonyl (C=O) groups excluding carboxylic acids is 1. The molecule has 0 radical (unpaired) electrons. The molecule has 0 fully saturated rings. The highest BCUT2D eigenvalue weighted by atomic mass is 16.5. The fourth-order valence-electron chi connectivity index (χ4n) is 2.47. The second-order valence-electron chi connectivity index (χ2n) is 5.98. The molecule has 5 N–H and O–H groups in total. The van der Waals surface area contributed by atoms with E-state index < -0.39 is 11.8 Å². The summed E-state index contributed by atoms with van der Waals surface area (Å²) in [5, 5.41) is 37.9. The summed E-state index contributed by atoms with van der Waals surface area (Å²) in [5.74, 6) is -0.385. The predicted octanol–water partition coefficient (Wildman–Crippen LogP) is 1.66. The van der Waals surface area contributed by atoms with Gasteiger partial charge in [-0.2, -0.15) is 5.26 Å². The molecule has 1 unspecified atom stereocenters. The number of nitrogens with zero attached hydrogens (tertiary/aromatic N) is 1. The molecular formula is C20H27N5O4. The molecule has 1 aromatic rings. The zero-order valence-electron chi connectivity index (χ0n) is 16.4. The number of carbonyl (C=O) groups is 1. The molecule has 0 saturated heterocycles. The lowest BCUT2D eigenvalue weighted by molar-refractivity contribution is -0.117. The van der Waals surface area contributed by atoms with Crippen LogP contribution in [0.5, 0.6) is 5.75 Å². The Hall–Kier alpha value is -3.22. The van der Waals surface area contributed by atoms with E-state index in [9.17, 15) is 10.1 Å². The van der Waals surface area contributed by atoms with Gasteiger partial charge in [0.25, 0.3) is 5.91 Å². The maximum Gasteiger partial charge on any atom is 0.262 e. The Morgan fingerprint density at radius 2 is 2.07 bits per heavy atom. The van der Waals surface area contributed by atoms with Gasteiger partial charge in [0.2, 0.25) is 5.90 Å². The first-order valence-electron chi connectivity index (χ1n) is 9.26. The molecule has 0 aliphatic heterocycles. The van der Waals surface area contributed by atoms with Crippen molar-refractivity contribution in [3.8, 4) is 11.8 Å². The number of aliphatic hydroxyl groups is 1. The van der Waals surface area contributed by atoms with Gasteiger partial charge in [0.15, 0.2) is 6.40 Å². The van der Waals surface area contributed by atoms with Crippen LogP contribution in [0.15, 0.2) is 35.9 Å². The summed E-state index contributed by atoms with van der Waals surface area (Å²) in [7, 11) is 0. The highest BCUT2D eigenvalue weighted by molar-refractivity contribution is 6.04. The SMILES string of the molecule is CCCC(NC(=O)/C(C#N)=C/C(=N)OC=N)c1ccc(OCCNCCO)cc1. The van der Waals surface area contributed by atoms with Crippen LogP contribution in [0.3, 0.4) is 0 Å². The lowest BCUT2D eigenvalue weighted by Crippen LogP contribution is -2.29. The molecule has 0 aliphatic carbocycles. The Kier molecular flexibility index (Phi) is 11.4. The van der Waals surface area contributed by atoms with Crippen LogP contribution in [-0.4, -0.2) is 49.6 Å². The third kappa shape index (κ3) is 9.01. The number of amides is 1. The molecule has 0 aliphatic rings. The molecule has 0 spiro atoms. The fraction of sp³-hybridized carbons (Fsp3) is 0.400. The molecule has 0 bridgehead atoms. The van der Waals surface area contributed by atoms with Crippen molar-refractivity contribution in [3.63, 3.8) is 0 Å². The maximum atomic E-state index is 12.4. The molecule has 1 aromatic carbocycles. The van der Waals surface area contributed by atoms with Gasteiger partial charge in [-0.15, -0.1) is 0 Å². The molecular weight excluding hydrogens is 374 g/mol. The number of benzene rings is 1. The summed E-state index contributed by atoms with van der Waals surface area (Å²) in [5.41, 5.74) is 0.599. The van der Waals surface area contributed by atoms with Crippen LogP contribution in [0.1, 0.15) is 31.4 Å². The van der Waals surface area contributed by atoms with E-state index in [0.717, 1.165) is 18.1 Å². The number of aliphatic hydroxyl groups excluding tert-OH is 1. The first-order chi connectivity index (χ1) is 14.0. The van der Waals surface area contributed by atoms with E-state index in [1.165, 1.54) is 0 Å². The van der Waals surface area contributed by atoms with Crippen molar-refractivity contribution in [3.05, 3.63) is 41.5 Å². The van der Waals surface area contributed by atoms with Gasteiger partial charge in [-0.1, -0.05) is 25.5 Å². The van der Waals surface area contributed by atoms with E-state index in [0.29, 0.717) is 38.3 Å². The summed E-state index contributed by atoms with van der Waals surface area (Å²) in [4.78, 5) is 12.4. The summed E-state index contributed by atoms with van der Waals surface area (Å²) < 4.78 is 10.1. The van der Waals surface area contributed by atoms with Crippen LogP contribution in [0.2, 0.25) is 0 Å². The average molecular weight is 401 g/mol. The third-order valence-electron chi connectivity index (χ3n) is 3.83. The molecule has 1 rings (SSSR count). The van der Waals surface area contributed by atoms with E-state index in [-0.39, 0.29) is 18.2 Å². The van der Waals surface area contributed by atoms with Gasteiger partial charge in [0.1, 0.15) is 24.0 Å². The molecule has 0 saturated carbocycles. The zero-order chi connectivity index (χ0) is 21.5. The topological polar surface area (TPSA) is 151 Å². The number of rotatable bonds is 13. The van der Waals surface area contributed by atoms with Crippen molar-refractivity contribution in [1.29, 1.82) is 16.1 Å². The molecule has 9 heteroatoms. The Morgan fingerprint density at radius 1 is 1.34 bits per heavy atom. The van der Waals surface area contributed by atoms with Gasteiger partial charge < -0.3 is 25.2 Å². The minimum atomic E-state index is -0.612. The second-order valence-corrected chi connectivity index (χ2v) is 5.98. The summed E-state index contributed by atoms with van der Waals surface area (Å²) >= 11 is 0. The largest absolute Gasteiger partial charge is 0.492 e. The van der Waals surface area contributed by atoms with Crippen molar-refractivity contribution in [1.82, 2.24) is 10.6 Å². The molecule has 0 aromatic heterocycles. The summed E-state index contributed by atoms with van der Waals surface area (Å²) in [6.45, 7) is 3.68. The van der Waals surface area contributed by atoms with Crippen molar-refractivity contribution in [2.24, 2.45) is 0 Å². The van der Waals surface area contributed by atoms with Crippen molar-refractivity contribution < 1.29 is 19.4 Å². The van der Waals surface area contributed by atoms with Gasteiger partial charge in [0, 0.05) is 19.2 Å². The van der Waals surface area contributed by atoms with Gasteiger partial charge in [0.05, 0.1) is 12.6 Å². The van der Waals surface area contributed by atoms with E-state index in [1.807, 2.05) is 31.2 Å². The highest BCUT2D eigenvalue weighted by Crippen LogP contribution is 2.22. The van der Waals surface area contributed by atoms with Gasteiger partial charge >= 0.3 is 0 Å². The number of nitriles is 1. The number of ether oxygens (including phenoxy) is 2. The first-order valence-corrected chi connectivity index (χ1v) is 9.26. The van der Waals surface area contributed by atoms with E-state index in [1.54, 1.807) is 6.07 Å².